The first-order chi connectivity index (χ1) is 10.1. The Hall–Kier alpha value is -0.910. The number of pyridine rings is 1. The van der Waals surface area contributed by atoms with Crippen LogP contribution in [0, 0.1) is 0 Å². The summed E-state index contributed by atoms with van der Waals surface area (Å²) in [6.07, 6.45) is 3.67. The van der Waals surface area contributed by atoms with Crippen molar-refractivity contribution in [1.29, 1.82) is 0 Å². The Morgan fingerprint density at radius 1 is 1.33 bits per heavy atom. The summed E-state index contributed by atoms with van der Waals surface area (Å²) in [4.78, 5) is 4.16. The second kappa shape index (κ2) is 7.92. The summed E-state index contributed by atoms with van der Waals surface area (Å²) >= 11 is 7.08. The second-order valence-corrected chi connectivity index (χ2v) is 6.47. The zero-order chi connectivity index (χ0) is 15.2. The monoisotopic (exact) mass is 412 g/mol. The highest BCUT2D eigenvalue weighted by molar-refractivity contribution is 9.11. The summed E-state index contributed by atoms with van der Waals surface area (Å²) in [6, 6.07) is 8.34. The Labute approximate surface area is 142 Å². The summed E-state index contributed by atoms with van der Waals surface area (Å²) in [5.41, 5.74) is 2.29. The molecular weight excluding hydrogens is 396 g/mol. The van der Waals surface area contributed by atoms with E-state index in [4.69, 9.17) is 4.74 Å². The molecule has 0 saturated heterocycles. The van der Waals surface area contributed by atoms with Gasteiger partial charge in [-0.1, -0.05) is 22.0 Å². The number of hydrogen-bond donors (Lipinski definition) is 1. The number of benzene rings is 1. The minimum Gasteiger partial charge on any atom is -0.492 e. The third kappa shape index (κ3) is 4.53. The van der Waals surface area contributed by atoms with E-state index in [1.165, 1.54) is 5.56 Å². The fourth-order valence-electron chi connectivity index (χ4n) is 2.06. The highest BCUT2D eigenvalue weighted by atomic mass is 79.9. The van der Waals surface area contributed by atoms with Crippen LogP contribution in [0.4, 0.5) is 0 Å². The van der Waals surface area contributed by atoms with Crippen LogP contribution >= 0.6 is 31.9 Å². The summed E-state index contributed by atoms with van der Waals surface area (Å²) in [5.74, 6) is 0.895. The maximum Gasteiger partial charge on any atom is 0.138 e. The zero-order valence-electron chi connectivity index (χ0n) is 12.1. The van der Waals surface area contributed by atoms with E-state index in [0.29, 0.717) is 6.61 Å². The van der Waals surface area contributed by atoms with Gasteiger partial charge in [0.05, 0.1) is 11.1 Å². The van der Waals surface area contributed by atoms with Gasteiger partial charge in [-0.15, -0.1) is 0 Å². The van der Waals surface area contributed by atoms with Gasteiger partial charge < -0.3 is 10.1 Å². The van der Waals surface area contributed by atoms with E-state index < -0.39 is 0 Å². The van der Waals surface area contributed by atoms with Crippen molar-refractivity contribution in [3.63, 3.8) is 0 Å². The zero-order valence-corrected chi connectivity index (χ0v) is 15.2. The molecule has 21 heavy (non-hydrogen) atoms. The Kier molecular flexibility index (Phi) is 6.21. The standard InChI is InChI=1S/C16H18Br2N2O/c1-3-21-16-13(7-14(17)8-15(16)18)10-20-11(2)12-5-4-6-19-9-12/h4-9,11,20H,3,10H2,1-2H3. The lowest BCUT2D eigenvalue weighted by molar-refractivity contribution is 0.332. The van der Waals surface area contributed by atoms with Crippen LogP contribution in [0.1, 0.15) is 31.0 Å². The van der Waals surface area contributed by atoms with E-state index in [2.05, 4.69) is 61.2 Å². The first-order valence-corrected chi connectivity index (χ1v) is 8.44. The van der Waals surface area contributed by atoms with Crippen molar-refractivity contribution in [2.24, 2.45) is 0 Å². The van der Waals surface area contributed by atoms with E-state index in [0.717, 1.165) is 26.8 Å². The molecule has 1 aromatic heterocycles. The van der Waals surface area contributed by atoms with Crippen LogP contribution in [0.15, 0.2) is 45.6 Å². The number of ether oxygens (including phenoxy) is 1. The Morgan fingerprint density at radius 3 is 2.81 bits per heavy atom. The van der Waals surface area contributed by atoms with E-state index in [1.807, 2.05) is 25.3 Å². The second-order valence-electron chi connectivity index (χ2n) is 4.70. The van der Waals surface area contributed by atoms with Crippen LogP contribution in [0.2, 0.25) is 0 Å². The Morgan fingerprint density at radius 2 is 2.14 bits per heavy atom. The van der Waals surface area contributed by atoms with Crippen molar-refractivity contribution < 1.29 is 4.74 Å². The number of nitrogens with one attached hydrogen (secondary N) is 1. The molecule has 5 heteroatoms. The molecule has 0 saturated carbocycles. The first kappa shape index (κ1) is 16.5. The molecule has 2 aromatic rings. The molecule has 0 fully saturated rings. The van der Waals surface area contributed by atoms with Crippen molar-refractivity contribution in [2.45, 2.75) is 26.4 Å². The van der Waals surface area contributed by atoms with Crippen molar-refractivity contribution in [3.05, 3.63) is 56.7 Å². The number of hydrogen-bond acceptors (Lipinski definition) is 3. The van der Waals surface area contributed by atoms with Crippen LogP contribution < -0.4 is 10.1 Å². The van der Waals surface area contributed by atoms with Gasteiger partial charge in [0.15, 0.2) is 0 Å². The minimum atomic E-state index is 0.228. The lowest BCUT2D eigenvalue weighted by Gasteiger charge is -2.17. The molecule has 0 aliphatic rings. The molecule has 0 aliphatic carbocycles. The molecule has 1 atom stereocenters. The summed E-state index contributed by atoms with van der Waals surface area (Å²) in [6.45, 7) is 5.49. The molecule has 1 aromatic carbocycles. The van der Waals surface area contributed by atoms with E-state index in [1.54, 1.807) is 6.20 Å². The quantitative estimate of drug-likeness (QED) is 0.734. The number of halogens is 2. The summed E-state index contributed by atoms with van der Waals surface area (Å²) < 4.78 is 7.73. The van der Waals surface area contributed by atoms with Crippen molar-refractivity contribution >= 4 is 31.9 Å². The van der Waals surface area contributed by atoms with Crippen molar-refractivity contribution in [1.82, 2.24) is 10.3 Å². The molecule has 0 amide bonds. The van der Waals surface area contributed by atoms with Gasteiger partial charge in [0.1, 0.15) is 5.75 Å². The normalized spacial score (nSPS) is 12.2. The number of aromatic nitrogens is 1. The maximum absolute atomic E-state index is 5.74. The average Bonchev–Trinajstić information content (AvgIpc) is 2.48. The Balaban J connectivity index is 2.12. The first-order valence-electron chi connectivity index (χ1n) is 6.85. The van der Waals surface area contributed by atoms with Gasteiger partial charge in [-0.2, -0.15) is 0 Å². The molecule has 0 radical (unpaired) electrons. The fraction of sp³-hybridized carbons (Fsp3) is 0.312. The third-order valence-electron chi connectivity index (χ3n) is 3.16. The van der Waals surface area contributed by atoms with E-state index in [9.17, 15) is 0 Å². The molecule has 3 nitrogen and oxygen atoms in total. The van der Waals surface area contributed by atoms with Crippen LogP contribution in [0.3, 0.4) is 0 Å². The van der Waals surface area contributed by atoms with Crippen LogP contribution in [0.25, 0.3) is 0 Å². The molecular formula is C16H18Br2N2O. The van der Waals surface area contributed by atoms with E-state index in [-0.39, 0.29) is 6.04 Å². The van der Waals surface area contributed by atoms with Gasteiger partial charge >= 0.3 is 0 Å². The number of nitrogens with zero attached hydrogens (tertiary/aromatic N) is 1. The smallest absolute Gasteiger partial charge is 0.138 e. The number of rotatable bonds is 6. The highest BCUT2D eigenvalue weighted by Gasteiger charge is 2.12. The predicted octanol–water partition coefficient (Wildman–Crippen LogP) is 4.86. The topological polar surface area (TPSA) is 34.1 Å². The van der Waals surface area contributed by atoms with Crippen LogP contribution in [0.5, 0.6) is 5.75 Å². The largest absolute Gasteiger partial charge is 0.492 e. The molecule has 0 spiro atoms. The predicted molar refractivity (Wildman–Crippen MR) is 92.5 cm³/mol. The molecule has 1 heterocycles. The SMILES string of the molecule is CCOc1c(Br)cc(Br)cc1CNC(C)c1cccnc1. The highest BCUT2D eigenvalue weighted by Crippen LogP contribution is 2.33. The van der Waals surface area contributed by atoms with Crippen LogP contribution in [-0.2, 0) is 6.54 Å². The summed E-state index contributed by atoms with van der Waals surface area (Å²) in [5, 5.41) is 3.51. The Bertz CT molecular complexity index is 590. The lowest BCUT2D eigenvalue weighted by Crippen LogP contribution is -2.19. The van der Waals surface area contributed by atoms with E-state index >= 15 is 0 Å². The molecule has 1 N–H and O–H groups in total. The maximum atomic E-state index is 5.74. The minimum absolute atomic E-state index is 0.228. The van der Waals surface area contributed by atoms with Crippen LogP contribution in [-0.4, -0.2) is 11.6 Å². The third-order valence-corrected chi connectivity index (χ3v) is 4.20. The fourth-order valence-corrected chi connectivity index (χ4v) is 3.49. The molecule has 0 bridgehead atoms. The summed E-state index contributed by atoms with van der Waals surface area (Å²) in [7, 11) is 0. The van der Waals surface area contributed by atoms with Crippen molar-refractivity contribution in [3.8, 4) is 5.75 Å². The lowest BCUT2D eigenvalue weighted by atomic mass is 10.1. The molecule has 112 valence electrons. The van der Waals surface area contributed by atoms with Gasteiger partial charge in [0, 0.05) is 35.0 Å². The molecule has 0 aliphatic heterocycles. The molecule has 2 rings (SSSR count). The average molecular weight is 414 g/mol. The van der Waals surface area contributed by atoms with Crippen molar-refractivity contribution in [2.75, 3.05) is 6.61 Å². The van der Waals surface area contributed by atoms with Gasteiger partial charge in [-0.25, -0.2) is 0 Å². The van der Waals surface area contributed by atoms with Gasteiger partial charge in [0.25, 0.3) is 0 Å². The van der Waals surface area contributed by atoms with Gasteiger partial charge in [-0.3, -0.25) is 4.98 Å². The van der Waals surface area contributed by atoms with Gasteiger partial charge in [-0.05, 0) is 53.5 Å². The molecule has 1 unspecified atom stereocenters. The van der Waals surface area contributed by atoms with Gasteiger partial charge in [0.2, 0.25) is 0 Å².